The molecule has 2 saturated heterocycles. The molecule has 0 unspecified atom stereocenters. The van der Waals surface area contributed by atoms with Crippen molar-refractivity contribution >= 4 is 11.9 Å². The van der Waals surface area contributed by atoms with Crippen LogP contribution in [-0.2, 0) is 9.53 Å². The van der Waals surface area contributed by atoms with E-state index >= 15 is 0 Å². The van der Waals surface area contributed by atoms with Crippen LogP contribution in [0.4, 0.5) is 4.79 Å². The van der Waals surface area contributed by atoms with Crippen LogP contribution in [0.2, 0.25) is 0 Å². The molecule has 3 amide bonds. The quantitative estimate of drug-likeness (QED) is 0.767. The molecule has 0 aromatic carbocycles. The highest BCUT2D eigenvalue weighted by Crippen LogP contribution is 2.33. The summed E-state index contributed by atoms with van der Waals surface area (Å²) >= 11 is 0. The van der Waals surface area contributed by atoms with Gasteiger partial charge in [-0.15, -0.1) is 0 Å². The monoisotopic (exact) mass is 349 g/mol. The second kappa shape index (κ2) is 7.52. The Morgan fingerprint density at radius 3 is 2.20 bits per heavy atom. The summed E-state index contributed by atoms with van der Waals surface area (Å²) in [5, 5.41) is 6.37. The maximum Gasteiger partial charge on any atom is 0.317 e. The lowest BCUT2D eigenvalue weighted by atomic mass is 9.91. The molecule has 6 nitrogen and oxygen atoms in total. The van der Waals surface area contributed by atoms with E-state index in [1.54, 1.807) is 0 Å². The number of rotatable bonds is 3. The zero-order valence-corrected chi connectivity index (χ0v) is 15.0. The summed E-state index contributed by atoms with van der Waals surface area (Å²) < 4.78 is 5.97. The number of amides is 3. The van der Waals surface area contributed by atoms with Gasteiger partial charge in [-0.05, 0) is 38.5 Å². The molecule has 4 fully saturated rings. The molecule has 2 aliphatic carbocycles. The highest BCUT2D eigenvalue weighted by molar-refractivity contribution is 5.80. The average molecular weight is 349 g/mol. The molecule has 2 heterocycles. The van der Waals surface area contributed by atoms with Crippen molar-refractivity contribution in [3.05, 3.63) is 0 Å². The summed E-state index contributed by atoms with van der Waals surface area (Å²) in [5.74, 6) is 0.0320. The van der Waals surface area contributed by atoms with Crippen LogP contribution in [0.1, 0.15) is 64.2 Å². The number of carbonyl (C=O) groups is 2. The fraction of sp³-hybridized carbons (Fsp3) is 0.895. The Labute approximate surface area is 150 Å². The third kappa shape index (κ3) is 3.94. The summed E-state index contributed by atoms with van der Waals surface area (Å²) in [6, 6.07) is 0.709. The van der Waals surface area contributed by atoms with Crippen LogP contribution < -0.4 is 10.6 Å². The molecule has 140 valence electrons. The van der Waals surface area contributed by atoms with Gasteiger partial charge in [0.05, 0.1) is 18.1 Å². The Morgan fingerprint density at radius 1 is 0.840 bits per heavy atom. The Kier molecular flexibility index (Phi) is 5.15. The van der Waals surface area contributed by atoms with Crippen LogP contribution in [-0.4, -0.2) is 54.2 Å². The Morgan fingerprint density at radius 2 is 1.52 bits per heavy atom. The molecule has 3 atom stereocenters. The first-order valence-corrected chi connectivity index (χ1v) is 10.2. The number of nitrogens with one attached hydrogen (secondary N) is 2. The van der Waals surface area contributed by atoms with Gasteiger partial charge < -0.3 is 20.3 Å². The summed E-state index contributed by atoms with van der Waals surface area (Å²) in [6.45, 7) is 1.15. The van der Waals surface area contributed by atoms with Gasteiger partial charge in [-0.25, -0.2) is 4.79 Å². The van der Waals surface area contributed by atoms with E-state index in [-0.39, 0.29) is 30.1 Å². The lowest BCUT2D eigenvalue weighted by molar-refractivity contribution is -0.128. The Hall–Kier alpha value is -1.30. The first-order valence-electron chi connectivity index (χ1n) is 10.2. The minimum Gasteiger partial charge on any atom is -0.370 e. The first-order chi connectivity index (χ1) is 12.2. The fourth-order valence-electron chi connectivity index (χ4n) is 4.65. The molecule has 4 aliphatic rings. The van der Waals surface area contributed by atoms with E-state index in [1.165, 1.54) is 32.1 Å². The maximum atomic E-state index is 12.7. The number of carbonyl (C=O) groups excluding carboxylic acids is 2. The molecule has 2 bridgehead atoms. The zero-order chi connectivity index (χ0) is 17.2. The zero-order valence-electron chi connectivity index (χ0n) is 15.0. The third-order valence-electron chi connectivity index (χ3n) is 6.42. The first kappa shape index (κ1) is 17.1. The number of likely N-dealkylation sites (tertiary alicyclic amines) is 1. The van der Waals surface area contributed by atoms with Gasteiger partial charge in [0, 0.05) is 25.2 Å². The summed E-state index contributed by atoms with van der Waals surface area (Å²) in [6.07, 6.45) is 11.2. The van der Waals surface area contributed by atoms with Gasteiger partial charge in [-0.2, -0.15) is 0 Å². The number of ether oxygens (including phenoxy) is 1. The SMILES string of the molecule is O=C(NC1CCC1)[C@H]1C[C@@H]2CN(C(=O)NC3CCCCCC3)C[C@H]1O2. The van der Waals surface area contributed by atoms with Gasteiger partial charge in [-0.1, -0.05) is 25.7 Å². The number of fused-ring (bicyclic) bond motifs is 2. The normalized spacial score (nSPS) is 33.4. The number of morpholine rings is 1. The van der Waals surface area contributed by atoms with Crippen molar-refractivity contribution in [2.75, 3.05) is 13.1 Å². The number of hydrogen-bond donors (Lipinski definition) is 2. The van der Waals surface area contributed by atoms with Crippen molar-refractivity contribution in [2.24, 2.45) is 5.92 Å². The van der Waals surface area contributed by atoms with Gasteiger partial charge >= 0.3 is 6.03 Å². The predicted octanol–water partition coefficient (Wildman–Crippen LogP) is 2.18. The van der Waals surface area contributed by atoms with Crippen molar-refractivity contribution in [2.45, 2.75) is 88.5 Å². The molecule has 0 aromatic heterocycles. The minimum atomic E-state index is -0.140. The number of nitrogens with zero attached hydrogens (tertiary/aromatic N) is 1. The molecule has 2 saturated carbocycles. The van der Waals surface area contributed by atoms with Crippen molar-refractivity contribution in [1.29, 1.82) is 0 Å². The molecule has 2 N–H and O–H groups in total. The highest BCUT2D eigenvalue weighted by atomic mass is 16.5. The van der Waals surface area contributed by atoms with E-state index in [0.29, 0.717) is 25.2 Å². The largest absolute Gasteiger partial charge is 0.370 e. The average Bonchev–Trinajstić information content (AvgIpc) is 2.75. The van der Waals surface area contributed by atoms with E-state index in [0.717, 1.165) is 32.1 Å². The predicted molar refractivity (Wildman–Crippen MR) is 94.1 cm³/mol. The number of hydrogen-bond acceptors (Lipinski definition) is 3. The van der Waals surface area contributed by atoms with Crippen LogP contribution in [0.5, 0.6) is 0 Å². The molecule has 2 aliphatic heterocycles. The lowest BCUT2D eigenvalue weighted by Crippen LogP contribution is -2.53. The number of urea groups is 1. The minimum absolute atomic E-state index is 0.00998. The lowest BCUT2D eigenvalue weighted by Gasteiger charge is -2.34. The van der Waals surface area contributed by atoms with Crippen molar-refractivity contribution in [1.82, 2.24) is 15.5 Å². The van der Waals surface area contributed by atoms with Crippen LogP contribution in [0.15, 0.2) is 0 Å². The summed E-state index contributed by atoms with van der Waals surface area (Å²) in [4.78, 5) is 27.1. The van der Waals surface area contributed by atoms with E-state index in [9.17, 15) is 9.59 Å². The topological polar surface area (TPSA) is 70.7 Å². The van der Waals surface area contributed by atoms with Gasteiger partial charge in [0.25, 0.3) is 0 Å². The molecule has 0 spiro atoms. The molecule has 6 heteroatoms. The van der Waals surface area contributed by atoms with Crippen molar-refractivity contribution < 1.29 is 14.3 Å². The van der Waals surface area contributed by atoms with Gasteiger partial charge in [0.15, 0.2) is 0 Å². The smallest absolute Gasteiger partial charge is 0.317 e. The van der Waals surface area contributed by atoms with Crippen LogP contribution in [0, 0.1) is 5.92 Å². The van der Waals surface area contributed by atoms with Crippen LogP contribution in [0.3, 0.4) is 0 Å². The summed E-state index contributed by atoms with van der Waals surface area (Å²) in [5.41, 5.74) is 0. The molecule has 25 heavy (non-hydrogen) atoms. The maximum absolute atomic E-state index is 12.7. The second-order valence-electron chi connectivity index (χ2n) is 8.32. The van der Waals surface area contributed by atoms with E-state index in [2.05, 4.69) is 10.6 Å². The third-order valence-corrected chi connectivity index (χ3v) is 6.42. The molecular formula is C19H31N3O3. The van der Waals surface area contributed by atoms with Crippen LogP contribution >= 0.6 is 0 Å². The van der Waals surface area contributed by atoms with E-state index in [4.69, 9.17) is 4.74 Å². The van der Waals surface area contributed by atoms with Gasteiger partial charge in [-0.3, -0.25) is 4.79 Å². The fourth-order valence-corrected chi connectivity index (χ4v) is 4.65. The summed E-state index contributed by atoms with van der Waals surface area (Å²) in [7, 11) is 0. The second-order valence-corrected chi connectivity index (χ2v) is 8.32. The van der Waals surface area contributed by atoms with Crippen LogP contribution in [0.25, 0.3) is 0 Å². The molecular weight excluding hydrogens is 318 g/mol. The van der Waals surface area contributed by atoms with Crippen molar-refractivity contribution in [3.63, 3.8) is 0 Å². The van der Waals surface area contributed by atoms with Crippen molar-refractivity contribution in [3.8, 4) is 0 Å². The standard InChI is InChI=1S/C19H31N3O3/c23-18(20-13-8-5-9-13)16-10-15-11-22(12-17(16)25-15)19(24)21-14-6-3-1-2-4-7-14/h13-17H,1-12H2,(H,20,23)(H,21,24)/t15-,16+,17-/m1/s1. The molecule has 0 radical (unpaired) electrons. The molecule has 0 aromatic rings. The van der Waals surface area contributed by atoms with Gasteiger partial charge in [0.2, 0.25) is 5.91 Å². The molecule has 4 rings (SSSR count). The highest BCUT2D eigenvalue weighted by Gasteiger charge is 2.46. The Bertz CT molecular complexity index is 500. The Balaban J connectivity index is 1.30. The van der Waals surface area contributed by atoms with Gasteiger partial charge in [0.1, 0.15) is 0 Å². The van der Waals surface area contributed by atoms with E-state index in [1.807, 2.05) is 4.90 Å². The van der Waals surface area contributed by atoms with E-state index < -0.39 is 0 Å².